The standard InChI is InChI=1S/C12H25NO/c1-11(7-9-13-10-14)6-5-8-12(2,3)4/h10-11H,5-9H2,1-4H3,(H,13,14). The summed E-state index contributed by atoms with van der Waals surface area (Å²) in [5.41, 5.74) is 0.459. The van der Waals surface area contributed by atoms with Crippen molar-refractivity contribution in [3.63, 3.8) is 0 Å². The van der Waals surface area contributed by atoms with Gasteiger partial charge in [0.2, 0.25) is 6.41 Å². The largest absolute Gasteiger partial charge is 0.359 e. The molecule has 0 spiro atoms. The number of carbonyl (C=O) groups excluding carboxylic acids is 1. The summed E-state index contributed by atoms with van der Waals surface area (Å²) in [4.78, 5) is 10.0. The molecule has 0 saturated carbocycles. The van der Waals surface area contributed by atoms with E-state index in [1.807, 2.05) is 0 Å². The summed E-state index contributed by atoms with van der Waals surface area (Å²) in [5, 5.41) is 2.71. The van der Waals surface area contributed by atoms with Crippen LogP contribution in [0.1, 0.15) is 53.4 Å². The van der Waals surface area contributed by atoms with E-state index in [1.54, 1.807) is 0 Å². The van der Waals surface area contributed by atoms with Crippen LogP contribution in [0.2, 0.25) is 0 Å². The van der Waals surface area contributed by atoms with Gasteiger partial charge >= 0.3 is 0 Å². The van der Waals surface area contributed by atoms with Gasteiger partial charge in [-0.2, -0.15) is 0 Å². The summed E-state index contributed by atoms with van der Waals surface area (Å²) < 4.78 is 0. The molecule has 84 valence electrons. The topological polar surface area (TPSA) is 29.1 Å². The molecule has 1 atom stereocenters. The third-order valence-corrected chi connectivity index (χ3v) is 2.49. The molecule has 1 N–H and O–H groups in total. The molecule has 0 aromatic rings. The summed E-state index contributed by atoms with van der Waals surface area (Å²) in [6.45, 7) is 9.93. The first-order valence-corrected chi connectivity index (χ1v) is 5.63. The van der Waals surface area contributed by atoms with Crippen molar-refractivity contribution < 1.29 is 4.79 Å². The molecular weight excluding hydrogens is 174 g/mol. The van der Waals surface area contributed by atoms with Gasteiger partial charge in [0.25, 0.3) is 0 Å². The Balaban J connectivity index is 3.35. The van der Waals surface area contributed by atoms with E-state index < -0.39 is 0 Å². The Morgan fingerprint density at radius 2 is 1.93 bits per heavy atom. The average Bonchev–Trinajstić information content (AvgIpc) is 2.02. The van der Waals surface area contributed by atoms with Gasteiger partial charge in [0.1, 0.15) is 0 Å². The summed E-state index contributed by atoms with van der Waals surface area (Å²) in [5.74, 6) is 0.727. The predicted octanol–water partition coefficient (Wildman–Crippen LogP) is 2.98. The van der Waals surface area contributed by atoms with Crippen LogP contribution in [-0.2, 0) is 4.79 Å². The fourth-order valence-electron chi connectivity index (χ4n) is 1.51. The van der Waals surface area contributed by atoms with Crippen molar-refractivity contribution in [1.29, 1.82) is 0 Å². The van der Waals surface area contributed by atoms with Gasteiger partial charge in [-0.25, -0.2) is 0 Å². The van der Waals surface area contributed by atoms with Gasteiger partial charge in [0.15, 0.2) is 0 Å². The Bertz CT molecular complexity index is 149. The van der Waals surface area contributed by atoms with E-state index in [4.69, 9.17) is 0 Å². The Hall–Kier alpha value is -0.530. The van der Waals surface area contributed by atoms with Crippen molar-refractivity contribution >= 4 is 6.41 Å². The van der Waals surface area contributed by atoms with Crippen LogP contribution in [0.25, 0.3) is 0 Å². The van der Waals surface area contributed by atoms with Crippen LogP contribution < -0.4 is 5.32 Å². The third-order valence-electron chi connectivity index (χ3n) is 2.49. The quantitative estimate of drug-likeness (QED) is 0.495. The molecule has 0 heterocycles. The van der Waals surface area contributed by atoms with E-state index in [1.165, 1.54) is 19.3 Å². The molecule has 0 fully saturated rings. The lowest BCUT2D eigenvalue weighted by Gasteiger charge is -2.19. The second kappa shape index (κ2) is 6.86. The molecular formula is C12H25NO. The van der Waals surface area contributed by atoms with E-state index >= 15 is 0 Å². The van der Waals surface area contributed by atoms with Crippen molar-refractivity contribution in [3.05, 3.63) is 0 Å². The maximum Gasteiger partial charge on any atom is 0.207 e. The molecule has 0 aromatic heterocycles. The fourth-order valence-corrected chi connectivity index (χ4v) is 1.51. The minimum absolute atomic E-state index is 0.459. The van der Waals surface area contributed by atoms with Crippen molar-refractivity contribution in [2.24, 2.45) is 11.3 Å². The van der Waals surface area contributed by atoms with Crippen molar-refractivity contribution in [3.8, 4) is 0 Å². The summed E-state index contributed by atoms with van der Waals surface area (Å²) >= 11 is 0. The van der Waals surface area contributed by atoms with E-state index in [0.29, 0.717) is 5.41 Å². The van der Waals surface area contributed by atoms with Gasteiger partial charge in [-0.1, -0.05) is 40.5 Å². The average molecular weight is 199 g/mol. The molecule has 0 aliphatic rings. The highest BCUT2D eigenvalue weighted by Gasteiger charge is 2.10. The first-order chi connectivity index (χ1) is 6.45. The summed E-state index contributed by atoms with van der Waals surface area (Å²) in [6, 6.07) is 0. The van der Waals surface area contributed by atoms with Crippen LogP contribution in [0.5, 0.6) is 0 Å². The van der Waals surface area contributed by atoms with Gasteiger partial charge in [0, 0.05) is 6.54 Å². The van der Waals surface area contributed by atoms with Crippen molar-refractivity contribution in [2.45, 2.75) is 53.4 Å². The number of amides is 1. The molecule has 0 aliphatic heterocycles. The van der Waals surface area contributed by atoms with Crippen LogP contribution in [0.15, 0.2) is 0 Å². The molecule has 0 rings (SSSR count). The molecule has 0 aliphatic carbocycles. The fraction of sp³-hybridized carbons (Fsp3) is 0.917. The SMILES string of the molecule is CC(CCCC(C)(C)C)CCNC=O. The third kappa shape index (κ3) is 9.56. The zero-order chi connectivity index (χ0) is 11.0. The molecule has 1 amide bonds. The van der Waals surface area contributed by atoms with Crippen LogP contribution in [-0.4, -0.2) is 13.0 Å². The highest BCUT2D eigenvalue weighted by Crippen LogP contribution is 2.23. The van der Waals surface area contributed by atoms with E-state index in [0.717, 1.165) is 25.3 Å². The Morgan fingerprint density at radius 1 is 1.29 bits per heavy atom. The van der Waals surface area contributed by atoms with Crippen molar-refractivity contribution in [1.82, 2.24) is 5.32 Å². The predicted molar refractivity (Wildman–Crippen MR) is 61.2 cm³/mol. The molecule has 2 heteroatoms. The summed E-state index contributed by atoms with van der Waals surface area (Å²) in [6.07, 6.45) is 5.74. The normalized spacial score (nSPS) is 13.7. The van der Waals surface area contributed by atoms with Gasteiger partial charge in [-0.05, 0) is 24.2 Å². The minimum Gasteiger partial charge on any atom is -0.359 e. The second-order valence-electron chi connectivity index (χ2n) is 5.42. The van der Waals surface area contributed by atoms with Gasteiger partial charge in [0.05, 0.1) is 0 Å². The lowest BCUT2D eigenvalue weighted by molar-refractivity contribution is -0.109. The molecule has 14 heavy (non-hydrogen) atoms. The number of hydrogen-bond acceptors (Lipinski definition) is 1. The monoisotopic (exact) mass is 199 g/mol. The highest BCUT2D eigenvalue weighted by molar-refractivity contribution is 5.45. The van der Waals surface area contributed by atoms with Crippen molar-refractivity contribution in [2.75, 3.05) is 6.54 Å². The molecule has 0 saturated heterocycles. The van der Waals surface area contributed by atoms with Gasteiger partial charge in [-0.15, -0.1) is 0 Å². The first kappa shape index (κ1) is 13.5. The number of hydrogen-bond donors (Lipinski definition) is 1. The number of rotatable bonds is 7. The lowest BCUT2D eigenvalue weighted by atomic mass is 9.87. The van der Waals surface area contributed by atoms with Gasteiger partial charge < -0.3 is 5.32 Å². The first-order valence-electron chi connectivity index (χ1n) is 5.63. The van der Waals surface area contributed by atoms with Gasteiger partial charge in [-0.3, -0.25) is 4.79 Å². The Labute approximate surface area is 88.5 Å². The lowest BCUT2D eigenvalue weighted by Crippen LogP contribution is -2.15. The smallest absolute Gasteiger partial charge is 0.207 e. The minimum atomic E-state index is 0.459. The highest BCUT2D eigenvalue weighted by atomic mass is 16.1. The molecule has 0 radical (unpaired) electrons. The van der Waals surface area contributed by atoms with E-state index in [-0.39, 0.29) is 0 Å². The van der Waals surface area contributed by atoms with Crippen LogP contribution >= 0.6 is 0 Å². The van der Waals surface area contributed by atoms with Crippen LogP contribution in [0.3, 0.4) is 0 Å². The van der Waals surface area contributed by atoms with E-state index in [2.05, 4.69) is 33.0 Å². The molecule has 2 nitrogen and oxygen atoms in total. The Kier molecular flexibility index (Phi) is 6.60. The zero-order valence-electron chi connectivity index (χ0n) is 10.1. The summed E-state index contributed by atoms with van der Waals surface area (Å²) in [7, 11) is 0. The maximum atomic E-state index is 10.0. The molecule has 0 aromatic carbocycles. The number of nitrogens with one attached hydrogen (secondary N) is 1. The van der Waals surface area contributed by atoms with Crippen LogP contribution in [0, 0.1) is 11.3 Å². The zero-order valence-corrected chi connectivity index (χ0v) is 10.1. The second-order valence-corrected chi connectivity index (χ2v) is 5.42. The van der Waals surface area contributed by atoms with E-state index in [9.17, 15) is 4.79 Å². The Morgan fingerprint density at radius 3 is 2.43 bits per heavy atom. The molecule has 0 bridgehead atoms. The number of carbonyl (C=O) groups is 1. The maximum absolute atomic E-state index is 10.0. The van der Waals surface area contributed by atoms with Crippen LogP contribution in [0.4, 0.5) is 0 Å². The molecule has 1 unspecified atom stereocenters.